The summed E-state index contributed by atoms with van der Waals surface area (Å²) in [6.45, 7) is 3.18. The van der Waals surface area contributed by atoms with E-state index in [0.717, 1.165) is 30.1 Å². The Morgan fingerprint density at radius 3 is 2.65 bits per heavy atom. The fraction of sp³-hybridized carbons (Fsp3) is 0.368. The molecule has 26 heavy (non-hydrogen) atoms. The van der Waals surface area contributed by atoms with Crippen LogP contribution in [0, 0.1) is 0 Å². The van der Waals surface area contributed by atoms with Crippen molar-refractivity contribution >= 4 is 23.2 Å². The zero-order valence-corrected chi connectivity index (χ0v) is 15.1. The fourth-order valence-electron chi connectivity index (χ4n) is 3.28. The lowest BCUT2D eigenvalue weighted by molar-refractivity contribution is -0.135. The molecule has 2 aromatic rings. The Morgan fingerprint density at radius 1 is 1.19 bits per heavy atom. The van der Waals surface area contributed by atoms with E-state index < -0.39 is 0 Å². The first-order valence-corrected chi connectivity index (χ1v) is 9.07. The van der Waals surface area contributed by atoms with Crippen LogP contribution in [-0.2, 0) is 9.53 Å². The Kier molecular flexibility index (Phi) is 5.06. The quantitative estimate of drug-likeness (QED) is 0.826. The van der Waals surface area contributed by atoms with E-state index in [0.29, 0.717) is 31.2 Å². The fourth-order valence-corrected chi connectivity index (χ4v) is 3.41. The first-order valence-electron chi connectivity index (χ1n) is 8.70. The van der Waals surface area contributed by atoms with Crippen LogP contribution in [0.15, 0.2) is 52.2 Å². The monoisotopic (exact) mass is 373 g/mol. The number of amides is 1. The van der Waals surface area contributed by atoms with Gasteiger partial charge in [-0.2, -0.15) is 5.10 Å². The molecule has 0 spiro atoms. The van der Waals surface area contributed by atoms with Crippen molar-refractivity contribution in [1.82, 2.24) is 9.91 Å². The number of halogens is 1. The molecule has 2 aliphatic rings. The average molecular weight is 374 g/mol. The Bertz CT molecular complexity index is 783. The van der Waals surface area contributed by atoms with Crippen LogP contribution < -0.4 is 0 Å². The maximum atomic E-state index is 12.9. The van der Waals surface area contributed by atoms with Crippen molar-refractivity contribution in [3.63, 3.8) is 0 Å². The average Bonchev–Trinajstić information content (AvgIpc) is 3.33. The standard InChI is InChI=1S/C19H20ClN3O3/c20-15-5-3-14(4-6-15)16-12-17(18-2-1-9-26-18)23(21-16)19(24)13-22-7-10-25-11-8-22/h1-6,9,17H,7-8,10-13H2/t17-/m1/s1. The molecule has 0 radical (unpaired) electrons. The van der Waals surface area contributed by atoms with Gasteiger partial charge in [0.2, 0.25) is 0 Å². The summed E-state index contributed by atoms with van der Waals surface area (Å²) in [5.74, 6) is 0.713. The van der Waals surface area contributed by atoms with Gasteiger partial charge in [0.05, 0.1) is 31.7 Å². The summed E-state index contributed by atoms with van der Waals surface area (Å²) in [6, 6.07) is 11.0. The molecule has 0 unspecified atom stereocenters. The zero-order chi connectivity index (χ0) is 17.9. The van der Waals surface area contributed by atoms with Crippen molar-refractivity contribution in [2.45, 2.75) is 12.5 Å². The SMILES string of the molecule is O=C(CN1CCOCC1)N1N=C(c2ccc(Cl)cc2)C[C@@H]1c1ccco1. The van der Waals surface area contributed by atoms with Gasteiger partial charge in [0.25, 0.3) is 5.91 Å². The van der Waals surface area contributed by atoms with Gasteiger partial charge in [-0.05, 0) is 29.8 Å². The highest BCUT2D eigenvalue weighted by Crippen LogP contribution is 2.33. The minimum atomic E-state index is -0.218. The molecule has 1 aromatic carbocycles. The number of hydrogen-bond acceptors (Lipinski definition) is 5. The second-order valence-electron chi connectivity index (χ2n) is 6.42. The number of furan rings is 1. The van der Waals surface area contributed by atoms with Crippen LogP contribution in [0.4, 0.5) is 0 Å². The maximum Gasteiger partial charge on any atom is 0.257 e. The molecule has 1 aromatic heterocycles. The van der Waals surface area contributed by atoms with Gasteiger partial charge in [-0.15, -0.1) is 0 Å². The van der Waals surface area contributed by atoms with Gasteiger partial charge in [0, 0.05) is 24.5 Å². The Hall–Kier alpha value is -2.15. The van der Waals surface area contributed by atoms with E-state index in [9.17, 15) is 4.79 Å². The summed E-state index contributed by atoms with van der Waals surface area (Å²) in [5.41, 5.74) is 1.83. The first-order chi connectivity index (χ1) is 12.7. The molecule has 0 aliphatic carbocycles. The van der Waals surface area contributed by atoms with Gasteiger partial charge in [-0.25, -0.2) is 5.01 Å². The highest BCUT2D eigenvalue weighted by atomic mass is 35.5. The van der Waals surface area contributed by atoms with Crippen molar-refractivity contribution in [3.05, 3.63) is 59.0 Å². The highest BCUT2D eigenvalue weighted by molar-refractivity contribution is 6.30. The van der Waals surface area contributed by atoms with Gasteiger partial charge in [0.15, 0.2) is 0 Å². The van der Waals surface area contributed by atoms with Crippen molar-refractivity contribution in [2.24, 2.45) is 5.10 Å². The minimum absolute atomic E-state index is 0.0303. The van der Waals surface area contributed by atoms with Gasteiger partial charge in [-0.3, -0.25) is 9.69 Å². The minimum Gasteiger partial charge on any atom is -0.467 e. The van der Waals surface area contributed by atoms with E-state index in [1.165, 1.54) is 0 Å². The van der Waals surface area contributed by atoms with E-state index in [-0.39, 0.29) is 11.9 Å². The van der Waals surface area contributed by atoms with Gasteiger partial charge >= 0.3 is 0 Å². The molecule has 0 N–H and O–H groups in total. The van der Waals surface area contributed by atoms with Crippen LogP contribution in [0.1, 0.15) is 23.8 Å². The lowest BCUT2D eigenvalue weighted by Gasteiger charge is -2.28. The summed E-state index contributed by atoms with van der Waals surface area (Å²) in [7, 11) is 0. The lowest BCUT2D eigenvalue weighted by Crippen LogP contribution is -2.43. The van der Waals surface area contributed by atoms with E-state index in [4.69, 9.17) is 20.8 Å². The third-order valence-electron chi connectivity index (χ3n) is 4.68. The predicted molar refractivity (Wildman–Crippen MR) is 98.2 cm³/mol. The van der Waals surface area contributed by atoms with Crippen molar-refractivity contribution in [1.29, 1.82) is 0 Å². The first kappa shape index (κ1) is 17.3. The normalized spacial score (nSPS) is 21.0. The number of hydrazone groups is 1. The molecular weight excluding hydrogens is 354 g/mol. The van der Waals surface area contributed by atoms with Crippen LogP contribution in [0.25, 0.3) is 0 Å². The number of morpholine rings is 1. The largest absolute Gasteiger partial charge is 0.467 e. The summed E-state index contributed by atoms with van der Waals surface area (Å²) < 4.78 is 10.9. The molecule has 1 atom stereocenters. The molecule has 0 saturated carbocycles. The number of carbonyl (C=O) groups is 1. The van der Waals surface area contributed by atoms with Crippen LogP contribution in [-0.4, -0.2) is 54.4 Å². The third-order valence-corrected chi connectivity index (χ3v) is 4.93. The number of carbonyl (C=O) groups excluding carboxylic acids is 1. The van der Waals surface area contributed by atoms with E-state index in [1.54, 1.807) is 11.3 Å². The number of benzene rings is 1. The maximum absolute atomic E-state index is 12.9. The van der Waals surface area contributed by atoms with Crippen LogP contribution in [0.3, 0.4) is 0 Å². The van der Waals surface area contributed by atoms with E-state index in [2.05, 4.69) is 10.0 Å². The summed E-state index contributed by atoms with van der Waals surface area (Å²) in [4.78, 5) is 15.0. The summed E-state index contributed by atoms with van der Waals surface area (Å²) in [6.07, 6.45) is 2.24. The van der Waals surface area contributed by atoms with Gasteiger partial charge < -0.3 is 9.15 Å². The zero-order valence-electron chi connectivity index (χ0n) is 14.3. The molecule has 1 amide bonds. The molecule has 6 nitrogen and oxygen atoms in total. The van der Waals surface area contributed by atoms with E-state index in [1.807, 2.05) is 36.4 Å². The second-order valence-corrected chi connectivity index (χ2v) is 6.85. The molecule has 0 bridgehead atoms. The van der Waals surface area contributed by atoms with Crippen molar-refractivity contribution < 1.29 is 13.9 Å². The summed E-state index contributed by atoms with van der Waals surface area (Å²) >= 11 is 5.98. The van der Waals surface area contributed by atoms with Crippen molar-refractivity contribution in [2.75, 3.05) is 32.8 Å². The van der Waals surface area contributed by atoms with Crippen molar-refractivity contribution in [3.8, 4) is 0 Å². The molecular formula is C19H20ClN3O3. The second kappa shape index (κ2) is 7.61. The molecule has 3 heterocycles. The van der Waals surface area contributed by atoms with Crippen LogP contribution in [0.5, 0.6) is 0 Å². The topological polar surface area (TPSA) is 58.3 Å². The Labute approximate surface area is 157 Å². The number of hydrogen-bond donors (Lipinski definition) is 0. The van der Waals surface area contributed by atoms with E-state index >= 15 is 0 Å². The lowest BCUT2D eigenvalue weighted by atomic mass is 10.0. The molecule has 4 rings (SSSR count). The molecule has 7 heteroatoms. The molecule has 1 saturated heterocycles. The predicted octanol–water partition coefficient (Wildman–Crippen LogP) is 2.94. The number of rotatable bonds is 4. The Morgan fingerprint density at radius 2 is 1.96 bits per heavy atom. The van der Waals surface area contributed by atoms with Gasteiger partial charge in [0.1, 0.15) is 11.8 Å². The van der Waals surface area contributed by atoms with Crippen LogP contribution >= 0.6 is 11.6 Å². The Balaban J connectivity index is 1.56. The summed E-state index contributed by atoms with van der Waals surface area (Å²) in [5, 5.41) is 6.87. The molecule has 136 valence electrons. The number of nitrogens with zero attached hydrogens (tertiary/aromatic N) is 3. The third kappa shape index (κ3) is 3.67. The molecule has 1 fully saturated rings. The smallest absolute Gasteiger partial charge is 0.257 e. The molecule has 2 aliphatic heterocycles. The highest BCUT2D eigenvalue weighted by Gasteiger charge is 2.35. The number of ether oxygens (including phenoxy) is 1. The van der Waals surface area contributed by atoms with Gasteiger partial charge in [-0.1, -0.05) is 23.7 Å². The van der Waals surface area contributed by atoms with Crippen LogP contribution in [0.2, 0.25) is 5.02 Å².